The Kier molecular flexibility index (Phi) is 6.15. The van der Waals surface area contributed by atoms with Gasteiger partial charge in [0.15, 0.2) is 5.03 Å². The molecule has 32 heavy (non-hydrogen) atoms. The first-order valence-electron chi connectivity index (χ1n) is 10.2. The quantitative estimate of drug-likeness (QED) is 0.542. The van der Waals surface area contributed by atoms with Crippen LogP contribution in [0.5, 0.6) is 0 Å². The lowest BCUT2D eigenvalue weighted by Crippen LogP contribution is -2.44. The van der Waals surface area contributed by atoms with E-state index in [0.29, 0.717) is 18.1 Å². The smallest absolute Gasteiger partial charge is 0.233 e. The number of rotatable bonds is 5. The highest BCUT2D eigenvalue weighted by Gasteiger charge is 2.34. The molecule has 0 spiro atoms. The number of anilines is 1. The van der Waals surface area contributed by atoms with Crippen molar-refractivity contribution in [1.29, 1.82) is 0 Å². The number of nitrogens with zero attached hydrogens (tertiary/aromatic N) is 3. The van der Waals surface area contributed by atoms with E-state index in [-0.39, 0.29) is 19.2 Å². The number of aryl methyl sites for hydroxylation is 2. The molecule has 0 N–H and O–H groups in total. The molecule has 0 radical (unpaired) electrons. The summed E-state index contributed by atoms with van der Waals surface area (Å²) in [7, 11) is -5.95. The maximum absolute atomic E-state index is 13.5. The van der Waals surface area contributed by atoms with Gasteiger partial charge in [0.05, 0.1) is 9.79 Å². The Morgan fingerprint density at radius 3 is 1.72 bits per heavy atom. The van der Waals surface area contributed by atoms with Gasteiger partial charge in [0.1, 0.15) is 5.00 Å². The molecule has 3 aromatic rings. The summed E-state index contributed by atoms with van der Waals surface area (Å²) >= 11 is 0.927. The Morgan fingerprint density at radius 2 is 1.22 bits per heavy atom. The Balaban J connectivity index is 1.85. The summed E-state index contributed by atoms with van der Waals surface area (Å²) in [6, 6.07) is 13.0. The van der Waals surface area contributed by atoms with Gasteiger partial charge in [0.25, 0.3) is 0 Å². The second-order valence-electron chi connectivity index (χ2n) is 8.01. The lowest BCUT2D eigenvalue weighted by atomic mass is 10.2. The van der Waals surface area contributed by atoms with Crippen LogP contribution in [0.25, 0.3) is 0 Å². The first kappa shape index (κ1) is 22.9. The molecule has 2 aromatic carbocycles. The summed E-state index contributed by atoms with van der Waals surface area (Å²) < 4.78 is 53.4. The molecule has 0 saturated carbocycles. The average Bonchev–Trinajstić information content (AvgIpc) is 3.22. The molecule has 0 aliphatic carbocycles. The third kappa shape index (κ3) is 4.32. The van der Waals surface area contributed by atoms with Gasteiger partial charge in [-0.25, -0.2) is 21.8 Å². The third-order valence-electron chi connectivity index (χ3n) is 5.50. The fourth-order valence-corrected chi connectivity index (χ4v) is 7.90. The van der Waals surface area contributed by atoms with Gasteiger partial charge in [-0.2, -0.15) is 0 Å². The van der Waals surface area contributed by atoms with E-state index in [4.69, 9.17) is 0 Å². The average molecular weight is 492 g/mol. The summed E-state index contributed by atoms with van der Waals surface area (Å²) in [4.78, 5) is 8.50. The van der Waals surface area contributed by atoms with Crippen molar-refractivity contribution < 1.29 is 16.8 Å². The lowest BCUT2D eigenvalue weighted by molar-refractivity contribution is 0.313. The molecule has 10 heteroatoms. The van der Waals surface area contributed by atoms with Crippen LogP contribution in [-0.4, -0.2) is 59.9 Å². The minimum absolute atomic E-state index is 0.0982. The van der Waals surface area contributed by atoms with Crippen LogP contribution in [0.15, 0.2) is 67.7 Å². The van der Waals surface area contributed by atoms with Gasteiger partial charge in [-0.3, -0.25) is 0 Å². The molecule has 1 aromatic heterocycles. The van der Waals surface area contributed by atoms with Gasteiger partial charge in [0.2, 0.25) is 24.0 Å². The molecule has 7 nitrogen and oxygen atoms in total. The highest BCUT2D eigenvalue weighted by molar-refractivity contribution is 7.94. The Labute approximate surface area is 193 Å². The van der Waals surface area contributed by atoms with Crippen LogP contribution in [0.4, 0.5) is 5.00 Å². The van der Waals surface area contributed by atoms with E-state index >= 15 is 0 Å². The maximum Gasteiger partial charge on any atom is 0.233 e. The van der Waals surface area contributed by atoms with Crippen molar-refractivity contribution in [3.63, 3.8) is 0 Å². The zero-order chi connectivity index (χ0) is 23.1. The van der Waals surface area contributed by atoms with E-state index in [0.717, 1.165) is 35.6 Å². The number of aromatic nitrogens is 1. The monoisotopic (exact) mass is 491 g/mol. The van der Waals surface area contributed by atoms with Gasteiger partial charge < -0.3 is 9.80 Å². The summed E-state index contributed by atoms with van der Waals surface area (Å²) in [5.41, 5.74) is 1.87. The molecule has 1 aliphatic rings. The lowest BCUT2D eigenvalue weighted by Gasteiger charge is -2.33. The number of sulfone groups is 2. The van der Waals surface area contributed by atoms with Crippen molar-refractivity contribution in [3.8, 4) is 0 Å². The Bertz CT molecular complexity index is 1320. The third-order valence-corrected chi connectivity index (χ3v) is 10.6. The van der Waals surface area contributed by atoms with Crippen molar-refractivity contribution in [1.82, 2.24) is 9.88 Å². The van der Waals surface area contributed by atoms with E-state index in [2.05, 4.69) is 9.88 Å². The van der Waals surface area contributed by atoms with E-state index < -0.39 is 19.7 Å². The van der Waals surface area contributed by atoms with Gasteiger partial charge in [-0.1, -0.05) is 46.7 Å². The fourth-order valence-electron chi connectivity index (χ4n) is 3.43. The molecule has 4 rings (SSSR count). The molecule has 0 amide bonds. The molecular formula is C22H25N3O4S3. The minimum atomic E-state index is -4.00. The molecule has 0 atom stereocenters. The number of hydrogen-bond donors (Lipinski definition) is 0. The van der Waals surface area contributed by atoms with Crippen molar-refractivity contribution in [3.05, 3.63) is 59.7 Å². The van der Waals surface area contributed by atoms with E-state index in [1.165, 1.54) is 24.3 Å². The largest absolute Gasteiger partial charge is 0.358 e. The molecule has 170 valence electrons. The molecule has 0 bridgehead atoms. The predicted molar refractivity (Wildman–Crippen MR) is 125 cm³/mol. The zero-order valence-corrected chi connectivity index (χ0v) is 20.6. The van der Waals surface area contributed by atoms with Gasteiger partial charge >= 0.3 is 0 Å². The van der Waals surface area contributed by atoms with Gasteiger partial charge in [-0.15, -0.1) is 0 Å². The van der Waals surface area contributed by atoms with Crippen LogP contribution < -0.4 is 4.90 Å². The van der Waals surface area contributed by atoms with Crippen LogP contribution in [0, 0.1) is 13.8 Å². The number of thiazole rings is 1. The van der Waals surface area contributed by atoms with E-state index in [9.17, 15) is 16.8 Å². The highest BCUT2D eigenvalue weighted by atomic mass is 32.2. The molecular weight excluding hydrogens is 466 g/mol. The topological polar surface area (TPSA) is 87.6 Å². The van der Waals surface area contributed by atoms with Crippen LogP contribution in [0.3, 0.4) is 0 Å². The van der Waals surface area contributed by atoms with Crippen LogP contribution in [0.2, 0.25) is 0 Å². The number of hydrogen-bond acceptors (Lipinski definition) is 8. The fraction of sp³-hybridized carbons (Fsp3) is 0.318. The van der Waals surface area contributed by atoms with Crippen molar-refractivity contribution in [2.45, 2.75) is 33.0 Å². The summed E-state index contributed by atoms with van der Waals surface area (Å²) in [6.45, 7) is 6.45. The van der Waals surface area contributed by atoms with Crippen LogP contribution in [0.1, 0.15) is 11.1 Å². The van der Waals surface area contributed by atoms with Gasteiger partial charge in [-0.05, 0) is 45.2 Å². The van der Waals surface area contributed by atoms with E-state index in [1.807, 2.05) is 25.8 Å². The Morgan fingerprint density at radius 1 is 0.750 bits per heavy atom. The van der Waals surface area contributed by atoms with Crippen molar-refractivity contribution >= 4 is 36.0 Å². The number of likely N-dealkylation sites (N-methyl/N-ethyl adjacent to an activating group) is 1. The zero-order valence-electron chi connectivity index (χ0n) is 18.1. The molecule has 2 heterocycles. The first-order valence-corrected chi connectivity index (χ1v) is 13.9. The first-order chi connectivity index (χ1) is 15.1. The number of piperazine rings is 1. The van der Waals surface area contributed by atoms with Gasteiger partial charge in [0, 0.05) is 26.2 Å². The van der Waals surface area contributed by atoms with E-state index in [1.54, 1.807) is 24.3 Å². The minimum Gasteiger partial charge on any atom is -0.358 e. The Hall–Kier alpha value is -2.27. The summed E-state index contributed by atoms with van der Waals surface area (Å²) in [5, 5.41) is 0.186. The summed E-state index contributed by atoms with van der Waals surface area (Å²) in [6.07, 6.45) is 0. The molecule has 1 aliphatic heterocycles. The normalized spacial score (nSPS) is 15.8. The molecule has 0 unspecified atom stereocenters. The SMILES string of the molecule is Cc1ccc(S(=O)(=O)c2nc(S(=O)(=O)c3ccc(C)cc3)c(N3CCN(C)CC3)s2)cc1. The second-order valence-corrected chi connectivity index (χ2v) is 13.0. The summed E-state index contributed by atoms with van der Waals surface area (Å²) in [5.74, 6) is 0. The maximum atomic E-state index is 13.5. The van der Waals surface area contributed by atoms with Crippen LogP contribution >= 0.6 is 11.3 Å². The number of benzene rings is 2. The molecule has 1 fully saturated rings. The van der Waals surface area contributed by atoms with Crippen LogP contribution in [-0.2, 0) is 19.7 Å². The highest BCUT2D eigenvalue weighted by Crippen LogP contribution is 2.39. The second kappa shape index (κ2) is 8.58. The predicted octanol–water partition coefficient (Wildman–Crippen LogP) is 3.18. The molecule has 1 saturated heterocycles. The van der Waals surface area contributed by atoms with Crippen molar-refractivity contribution in [2.75, 3.05) is 38.1 Å². The van der Waals surface area contributed by atoms with Crippen molar-refractivity contribution in [2.24, 2.45) is 0 Å². The standard InChI is InChI=1S/C22H25N3O4S3/c1-16-4-8-18(9-5-16)31(26,27)20-21(25-14-12-24(3)13-15-25)30-22(23-20)32(28,29)19-10-6-17(2)7-11-19/h4-11H,12-15H2,1-3H3.